The smallest absolute Gasteiger partial charge is 0.332 e. The van der Waals surface area contributed by atoms with Crippen molar-refractivity contribution in [2.24, 2.45) is 0 Å². The third-order valence-electron chi connectivity index (χ3n) is 7.71. The van der Waals surface area contributed by atoms with E-state index < -0.39 is 5.54 Å². The summed E-state index contributed by atoms with van der Waals surface area (Å²) >= 11 is 0. The van der Waals surface area contributed by atoms with Crippen molar-refractivity contribution in [1.29, 1.82) is 0 Å². The molecule has 0 aliphatic carbocycles. The van der Waals surface area contributed by atoms with Crippen LogP contribution >= 0.6 is 0 Å². The highest BCUT2D eigenvalue weighted by atomic mass is 16.5. The van der Waals surface area contributed by atoms with Crippen LogP contribution in [0.5, 0.6) is 0 Å². The molecule has 9 nitrogen and oxygen atoms in total. The minimum atomic E-state index is -1.05. The van der Waals surface area contributed by atoms with Gasteiger partial charge in [0.05, 0.1) is 18.9 Å². The van der Waals surface area contributed by atoms with Crippen molar-refractivity contribution in [2.75, 3.05) is 41.4 Å². The van der Waals surface area contributed by atoms with Crippen molar-refractivity contribution >= 4 is 35.0 Å². The predicted molar refractivity (Wildman–Crippen MR) is 159 cm³/mol. The maximum atomic E-state index is 13.6. The zero-order valence-electron chi connectivity index (χ0n) is 24.3. The molecule has 2 fully saturated rings. The van der Waals surface area contributed by atoms with Crippen molar-refractivity contribution in [3.8, 4) is 0 Å². The first-order valence-corrected chi connectivity index (χ1v) is 13.9. The number of nitrogens with zero attached hydrogens (tertiary/aromatic N) is 4. The lowest BCUT2D eigenvalue weighted by molar-refractivity contribution is -0.123. The summed E-state index contributed by atoms with van der Waals surface area (Å²) in [5, 5.41) is 2.87. The highest BCUT2D eigenvalue weighted by Crippen LogP contribution is 2.34. The van der Waals surface area contributed by atoms with Gasteiger partial charge in [0.25, 0.3) is 11.8 Å². The summed E-state index contributed by atoms with van der Waals surface area (Å²) in [6.45, 7) is 12.9. The second-order valence-electron chi connectivity index (χ2n) is 12.0. The molecule has 3 aromatic rings. The molecule has 2 aromatic carbocycles. The minimum absolute atomic E-state index is 0.0388. The van der Waals surface area contributed by atoms with Crippen LogP contribution in [0.2, 0.25) is 0 Å². The minimum Gasteiger partial charge on any atom is -0.378 e. The fourth-order valence-electron chi connectivity index (χ4n) is 5.12. The van der Waals surface area contributed by atoms with Crippen LogP contribution in [-0.2, 0) is 21.5 Å². The third kappa shape index (κ3) is 5.81. The fourth-order valence-corrected chi connectivity index (χ4v) is 5.12. The summed E-state index contributed by atoms with van der Waals surface area (Å²) in [5.41, 5.74) is 2.82. The summed E-state index contributed by atoms with van der Waals surface area (Å²) in [5.74, 6) is -0.189. The summed E-state index contributed by atoms with van der Waals surface area (Å²) in [6, 6.07) is 18.2. The average molecular weight is 556 g/mol. The monoisotopic (exact) mass is 555 g/mol. The number of carbonyl (C=O) groups is 3. The highest BCUT2D eigenvalue weighted by molar-refractivity contribution is 6.22. The number of aromatic nitrogens is 1. The Morgan fingerprint density at radius 2 is 1.68 bits per heavy atom. The van der Waals surface area contributed by atoms with Crippen LogP contribution in [0.15, 0.2) is 66.9 Å². The SMILES string of the molecule is CC(C)(C)c1ccc(N2C(=O)N(Cc3ccnc(NC(=O)c4cccc(N5CCOCC5)c4)c3)C(C)(C)C2=O)cc1. The van der Waals surface area contributed by atoms with Crippen molar-refractivity contribution in [3.05, 3.63) is 83.6 Å². The van der Waals surface area contributed by atoms with Crippen LogP contribution in [0.3, 0.4) is 0 Å². The van der Waals surface area contributed by atoms with Gasteiger partial charge in [-0.05, 0) is 72.9 Å². The van der Waals surface area contributed by atoms with Crippen LogP contribution in [0, 0.1) is 0 Å². The Morgan fingerprint density at radius 3 is 2.37 bits per heavy atom. The van der Waals surface area contributed by atoms with Gasteiger partial charge < -0.3 is 19.9 Å². The van der Waals surface area contributed by atoms with E-state index in [0.29, 0.717) is 30.3 Å². The van der Waals surface area contributed by atoms with Gasteiger partial charge in [0.1, 0.15) is 11.4 Å². The second-order valence-corrected chi connectivity index (χ2v) is 12.0. The normalized spacial score (nSPS) is 17.2. The molecule has 0 atom stereocenters. The number of carbonyl (C=O) groups excluding carboxylic acids is 3. The predicted octanol–water partition coefficient (Wildman–Crippen LogP) is 5.22. The van der Waals surface area contributed by atoms with Gasteiger partial charge in [-0.1, -0.05) is 39.0 Å². The zero-order chi connectivity index (χ0) is 29.4. The topological polar surface area (TPSA) is 95.1 Å². The van der Waals surface area contributed by atoms with Gasteiger partial charge in [-0.2, -0.15) is 0 Å². The Balaban J connectivity index is 1.30. The molecule has 1 N–H and O–H groups in total. The molecule has 0 bridgehead atoms. The van der Waals surface area contributed by atoms with Gasteiger partial charge in [-0.15, -0.1) is 0 Å². The number of imide groups is 1. The number of rotatable bonds is 6. The first kappa shape index (κ1) is 28.3. The Kier molecular flexibility index (Phi) is 7.57. The van der Waals surface area contributed by atoms with Gasteiger partial charge in [0.2, 0.25) is 0 Å². The molecular weight excluding hydrogens is 518 g/mol. The van der Waals surface area contributed by atoms with Gasteiger partial charge in [-0.3, -0.25) is 9.59 Å². The molecule has 214 valence electrons. The second kappa shape index (κ2) is 11.0. The molecule has 0 spiro atoms. The van der Waals surface area contributed by atoms with Gasteiger partial charge >= 0.3 is 6.03 Å². The van der Waals surface area contributed by atoms with Crippen molar-refractivity contribution in [2.45, 2.75) is 52.1 Å². The molecule has 41 heavy (non-hydrogen) atoms. The molecule has 3 heterocycles. The Morgan fingerprint density at radius 1 is 0.976 bits per heavy atom. The molecule has 0 radical (unpaired) electrons. The first-order valence-electron chi connectivity index (χ1n) is 13.9. The number of hydrogen-bond acceptors (Lipinski definition) is 6. The molecule has 9 heteroatoms. The number of hydrogen-bond donors (Lipinski definition) is 1. The Hall–Kier alpha value is -4.24. The van der Waals surface area contributed by atoms with Crippen LogP contribution in [-0.4, -0.2) is 59.6 Å². The lowest BCUT2D eigenvalue weighted by Crippen LogP contribution is -2.43. The molecule has 0 saturated carbocycles. The highest BCUT2D eigenvalue weighted by Gasteiger charge is 2.51. The number of nitrogens with one attached hydrogen (secondary N) is 1. The molecule has 0 unspecified atom stereocenters. The number of anilines is 3. The van der Waals surface area contributed by atoms with E-state index in [-0.39, 0.29) is 29.8 Å². The Bertz CT molecular complexity index is 1460. The van der Waals surface area contributed by atoms with Crippen LogP contribution < -0.4 is 15.1 Å². The van der Waals surface area contributed by atoms with E-state index in [9.17, 15) is 14.4 Å². The maximum absolute atomic E-state index is 13.6. The van der Waals surface area contributed by atoms with E-state index in [1.165, 1.54) is 4.90 Å². The number of urea groups is 1. The number of benzene rings is 2. The Labute approximate surface area is 241 Å². The molecule has 1 aromatic heterocycles. The quantitative estimate of drug-likeness (QED) is 0.420. The number of ether oxygens (including phenoxy) is 1. The van der Waals surface area contributed by atoms with E-state index in [1.807, 2.05) is 42.5 Å². The molecule has 2 saturated heterocycles. The first-order chi connectivity index (χ1) is 19.4. The summed E-state index contributed by atoms with van der Waals surface area (Å²) < 4.78 is 5.43. The average Bonchev–Trinajstić information content (AvgIpc) is 3.12. The van der Waals surface area contributed by atoms with E-state index in [0.717, 1.165) is 29.9 Å². The van der Waals surface area contributed by atoms with E-state index >= 15 is 0 Å². The van der Waals surface area contributed by atoms with E-state index in [1.54, 1.807) is 43.1 Å². The molecule has 5 rings (SSSR count). The molecule has 2 aliphatic rings. The number of amides is 4. The lowest BCUT2D eigenvalue weighted by Gasteiger charge is -2.29. The van der Waals surface area contributed by atoms with E-state index in [4.69, 9.17) is 4.74 Å². The zero-order valence-corrected chi connectivity index (χ0v) is 24.3. The molecule has 4 amide bonds. The fraction of sp³-hybridized carbons (Fsp3) is 0.375. The summed E-state index contributed by atoms with van der Waals surface area (Å²) in [7, 11) is 0. The summed E-state index contributed by atoms with van der Waals surface area (Å²) in [4.78, 5) is 49.4. The van der Waals surface area contributed by atoms with Crippen LogP contribution in [0.1, 0.15) is 56.1 Å². The van der Waals surface area contributed by atoms with Crippen LogP contribution in [0.4, 0.5) is 22.0 Å². The van der Waals surface area contributed by atoms with Crippen molar-refractivity contribution in [3.63, 3.8) is 0 Å². The standard InChI is InChI=1S/C32H37N5O4/c1-31(2,3)24-9-11-25(12-10-24)37-29(39)32(4,5)36(30(37)40)21-22-13-14-33-27(19-22)34-28(38)23-7-6-8-26(20-23)35-15-17-41-18-16-35/h6-14,19-20H,15-18,21H2,1-5H3,(H,33,34,38). The van der Waals surface area contributed by atoms with Gasteiger partial charge in [0, 0.05) is 37.1 Å². The maximum Gasteiger partial charge on any atom is 0.332 e. The van der Waals surface area contributed by atoms with Gasteiger partial charge in [-0.25, -0.2) is 14.7 Å². The van der Waals surface area contributed by atoms with Crippen LogP contribution in [0.25, 0.3) is 0 Å². The summed E-state index contributed by atoms with van der Waals surface area (Å²) in [6.07, 6.45) is 1.59. The number of morpholine rings is 1. The molecular formula is C32H37N5O4. The van der Waals surface area contributed by atoms with Crippen molar-refractivity contribution in [1.82, 2.24) is 9.88 Å². The van der Waals surface area contributed by atoms with Gasteiger partial charge in [0.15, 0.2) is 0 Å². The number of pyridine rings is 1. The largest absolute Gasteiger partial charge is 0.378 e. The third-order valence-corrected chi connectivity index (χ3v) is 7.71. The lowest BCUT2D eigenvalue weighted by atomic mass is 9.87. The molecule has 2 aliphatic heterocycles. The van der Waals surface area contributed by atoms with Crippen molar-refractivity contribution < 1.29 is 19.1 Å². The van der Waals surface area contributed by atoms with E-state index in [2.05, 4.69) is 36.0 Å².